The first kappa shape index (κ1) is 13.6. The van der Waals surface area contributed by atoms with Gasteiger partial charge in [0.1, 0.15) is 5.75 Å². The van der Waals surface area contributed by atoms with Crippen LogP contribution in [0.5, 0.6) is 5.75 Å². The van der Waals surface area contributed by atoms with E-state index < -0.39 is 0 Å². The summed E-state index contributed by atoms with van der Waals surface area (Å²) in [5, 5.41) is 0. The summed E-state index contributed by atoms with van der Waals surface area (Å²) in [4.78, 5) is 4.28. The summed E-state index contributed by atoms with van der Waals surface area (Å²) in [7, 11) is 0. The molecule has 0 radical (unpaired) electrons. The molecule has 1 aromatic heterocycles. The maximum Gasteiger partial charge on any atom is 0.119 e. The Bertz CT molecular complexity index is 535. The number of aromatic nitrogens is 1. The van der Waals surface area contributed by atoms with Crippen LogP contribution in [-0.4, -0.2) is 11.1 Å². The van der Waals surface area contributed by atoms with E-state index in [1.165, 1.54) is 0 Å². The van der Waals surface area contributed by atoms with Crippen LogP contribution in [0, 0.1) is 6.92 Å². The highest BCUT2D eigenvalue weighted by atomic mass is 16.5. The number of hydrogen-bond acceptors (Lipinski definition) is 3. The third kappa shape index (κ3) is 3.32. The lowest BCUT2D eigenvalue weighted by Crippen LogP contribution is -2.14. The van der Waals surface area contributed by atoms with Gasteiger partial charge >= 0.3 is 0 Å². The second-order valence-electron chi connectivity index (χ2n) is 4.89. The summed E-state index contributed by atoms with van der Waals surface area (Å²) in [6.07, 6.45) is 1.96. The maximum atomic E-state index is 6.29. The van der Waals surface area contributed by atoms with E-state index in [9.17, 15) is 0 Å². The van der Waals surface area contributed by atoms with Crippen molar-refractivity contribution in [2.75, 3.05) is 0 Å². The zero-order valence-electron chi connectivity index (χ0n) is 11.6. The summed E-state index contributed by atoms with van der Waals surface area (Å²) < 4.78 is 5.63. The highest BCUT2D eigenvalue weighted by molar-refractivity contribution is 5.36. The van der Waals surface area contributed by atoms with Crippen LogP contribution in [0.2, 0.25) is 0 Å². The highest BCUT2D eigenvalue weighted by Gasteiger charge is 2.11. The molecule has 3 heteroatoms. The van der Waals surface area contributed by atoms with E-state index >= 15 is 0 Å². The van der Waals surface area contributed by atoms with Crippen LogP contribution in [0.1, 0.15) is 36.7 Å². The average Bonchev–Trinajstić information content (AvgIpc) is 2.39. The van der Waals surface area contributed by atoms with Gasteiger partial charge in [-0.2, -0.15) is 0 Å². The van der Waals surface area contributed by atoms with Gasteiger partial charge in [-0.05, 0) is 50.1 Å². The molecule has 2 rings (SSSR count). The van der Waals surface area contributed by atoms with Gasteiger partial charge in [-0.3, -0.25) is 4.98 Å². The Morgan fingerprint density at radius 2 is 1.79 bits per heavy atom. The van der Waals surface area contributed by atoms with Crippen molar-refractivity contribution in [3.63, 3.8) is 0 Å². The van der Waals surface area contributed by atoms with Gasteiger partial charge in [0, 0.05) is 11.9 Å². The van der Waals surface area contributed by atoms with Gasteiger partial charge in [0.15, 0.2) is 0 Å². The van der Waals surface area contributed by atoms with Crippen molar-refractivity contribution in [2.24, 2.45) is 5.73 Å². The molecule has 2 aromatic rings. The molecule has 19 heavy (non-hydrogen) atoms. The Kier molecular flexibility index (Phi) is 4.17. The van der Waals surface area contributed by atoms with E-state index in [2.05, 4.69) is 4.98 Å². The van der Waals surface area contributed by atoms with Crippen molar-refractivity contribution in [3.05, 3.63) is 59.4 Å². The molecule has 3 nitrogen and oxygen atoms in total. The van der Waals surface area contributed by atoms with E-state index in [-0.39, 0.29) is 12.1 Å². The minimum absolute atomic E-state index is 0.151. The van der Waals surface area contributed by atoms with Gasteiger partial charge < -0.3 is 10.5 Å². The number of rotatable bonds is 4. The second-order valence-corrected chi connectivity index (χ2v) is 4.89. The van der Waals surface area contributed by atoms with Crippen LogP contribution >= 0.6 is 0 Å². The Hall–Kier alpha value is -1.87. The number of nitrogens with zero attached hydrogens (tertiary/aromatic N) is 1. The van der Waals surface area contributed by atoms with E-state index in [4.69, 9.17) is 10.5 Å². The first-order chi connectivity index (χ1) is 9.08. The van der Waals surface area contributed by atoms with Crippen molar-refractivity contribution >= 4 is 0 Å². The molecule has 0 spiro atoms. The predicted octanol–water partition coefficient (Wildman–Crippen LogP) is 3.23. The monoisotopic (exact) mass is 256 g/mol. The molecule has 0 amide bonds. The van der Waals surface area contributed by atoms with Gasteiger partial charge in [-0.15, -0.1) is 0 Å². The minimum atomic E-state index is -0.151. The van der Waals surface area contributed by atoms with E-state index in [1.54, 1.807) is 6.20 Å². The normalized spacial score (nSPS) is 12.5. The summed E-state index contributed by atoms with van der Waals surface area (Å²) in [6, 6.07) is 11.7. The fraction of sp³-hybridized carbons (Fsp3) is 0.312. The lowest BCUT2D eigenvalue weighted by molar-refractivity contribution is 0.242. The molecule has 2 N–H and O–H groups in total. The number of pyridine rings is 1. The topological polar surface area (TPSA) is 48.1 Å². The number of ether oxygens (including phenoxy) is 1. The molecule has 1 heterocycles. The van der Waals surface area contributed by atoms with Crippen molar-refractivity contribution in [1.29, 1.82) is 0 Å². The van der Waals surface area contributed by atoms with Gasteiger partial charge in [-0.1, -0.05) is 18.2 Å². The minimum Gasteiger partial charge on any atom is -0.491 e. The molecule has 1 unspecified atom stereocenters. The fourth-order valence-corrected chi connectivity index (χ4v) is 2.03. The van der Waals surface area contributed by atoms with Gasteiger partial charge in [0.25, 0.3) is 0 Å². The van der Waals surface area contributed by atoms with Crippen LogP contribution < -0.4 is 10.5 Å². The molecule has 0 aliphatic heterocycles. The third-order valence-corrected chi connectivity index (χ3v) is 2.99. The van der Waals surface area contributed by atoms with Gasteiger partial charge in [0.05, 0.1) is 12.1 Å². The average molecular weight is 256 g/mol. The van der Waals surface area contributed by atoms with Crippen LogP contribution in [-0.2, 0) is 0 Å². The fourth-order valence-electron chi connectivity index (χ4n) is 2.03. The molecule has 0 aliphatic carbocycles. The zero-order chi connectivity index (χ0) is 13.8. The molecule has 0 bridgehead atoms. The standard InChI is InChI=1S/C16H20N2O/c1-11(2)19-14-8-6-13(7-9-14)16(17)15-5-4-10-18-12(15)3/h4-11,16H,17H2,1-3H3. The summed E-state index contributed by atoms with van der Waals surface area (Å²) in [6.45, 7) is 6.00. The van der Waals surface area contributed by atoms with Gasteiger partial charge in [-0.25, -0.2) is 0 Å². The van der Waals surface area contributed by atoms with E-state index in [1.807, 2.05) is 57.2 Å². The molecule has 0 fully saturated rings. The summed E-state index contributed by atoms with van der Waals surface area (Å²) >= 11 is 0. The van der Waals surface area contributed by atoms with Crippen LogP contribution in [0.15, 0.2) is 42.6 Å². The highest BCUT2D eigenvalue weighted by Crippen LogP contribution is 2.23. The number of aryl methyl sites for hydroxylation is 1. The number of nitrogens with two attached hydrogens (primary N) is 1. The smallest absolute Gasteiger partial charge is 0.119 e. The number of hydrogen-bond donors (Lipinski definition) is 1. The second kappa shape index (κ2) is 5.85. The summed E-state index contributed by atoms with van der Waals surface area (Å²) in [5.41, 5.74) is 9.38. The predicted molar refractivity (Wildman–Crippen MR) is 77.2 cm³/mol. The van der Waals surface area contributed by atoms with Crippen LogP contribution in [0.25, 0.3) is 0 Å². The molecular weight excluding hydrogens is 236 g/mol. The molecule has 0 saturated heterocycles. The third-order valence-electron chi connectivity index (χ3n) is 2.99. The van der Waals surface area contributed by atoms with Crippen molar-refractivity contribution in [2.45, 2.75) is 32.9 Å². The molecule has 0 aliphatic rings. The van der Waals surface area contributed by atoms with Crippen LogP contribution in [0.4, 0.5) is 0 Å². The first-order valence-corrected chi connectivity index (χ1v) is 6.51. The molecular formula is C16H20N2O. The Morgan fingerprint density at radius 1 is 1.11 bits per heavy atom. The largest absolute Gasteiger partial charge is 0.491 e. The molecule has 1 aromatic carbocycles. The zero-order valence-corrected chi connectivity index (χ0v) is 11.6. The lowest BCUT2D eigenvalue weighted by Gasteiger charge is -2.15. The molecule has 0 saturated carbocycles. The lowest BCUT2D eigenvalue weighted by atomic mass is 9.98. The SMILES string of the molecule is Cc1ncccc1C(N)c1ccc(OC(C)C)cc1. The quantitative estimate of drug-likeness (QED) is 0.913. The van der Waals surface area contributed by atoms with E-state index in [0.717, 1.165) is 22.6 Å². The molecule has 100 valence electrons. The van der Waals surface area contributed by atoms with Gasteiger partial charge in [0.2, 0.25) is 0 Å². The first-order valence-electron chi connectivity index (χ1n) is 6.51. The van der Waals surface area contributed by atoms with Crippen molar-refractivity contribution < 1.29 is 4.74 Å². The Morgan fingerprint density at radius 3 is 2.37 bits per heavy atom. The molecule has 1 atom stereocenters. The Labute approximate surface area is 114 Å². The van der Waals surface area contributed by atoms with Crippen molar-refractivity contribution in [1.82, 2.24) is 4.98 Å². The number of benzene rings is 1. The Balaban J connectivity index is 2.20. The van der Waals surface area contributed by atoms with Crippen molar-refractivity contribution in [3.8, 4) is 5.75 Å². The maximum absolute atomic E-state index is 6.29. The van der Waals surface area contributed by atoms with Crippen LogP contribution in [0.3, 0.4) is 0 Å². The summed E-state index contributed by atoms with van der Waals surface area (Å²) in [5.74, 6) is 0.869. The van der Waals surface area contributed by atoms with E-state index in [0.29, 0.717) is 0 Å².